The number of nitrogens with zero attached hydrogens (tertiary/aromatic N) is 2. The Hall–Kier alpha value is -0.480. The normalized spacial score (nSPS) is 10.8. The van der Waals surface area contributed by atoms with Crippen molar-refractivity contribution in [2.24, 2.45) is 0 Å². The summed E-state index contributed by atoms with van der Waals surface area (Å²) in [5.74, 6) is 0.706. The summed E-state index contributed by atoms with van der Waals surface area (Å²) in [4.78, 5) is 4.26. The van der Waals surface area contributed by atoms with Crippen LogP contribution in [-0.4, -0.2) is 9.38 Å². The number of hydrogen-bond acceptors (Lipinski definition) is 2. The predicted octanol–water partition coefficient (Wildman–Crippen LogP) is 2.53. The van der Waals surface area contributed by atoms with Crippen LogP contribution in [0, 0.1) is 0 Å². The average molecular weight is 243 g/mol. The Kier molecular flexibility index (Phi) is 2.11. The lowest BCUT2D eigenvalue weighted by Gasteiger charge is -1.97. The molecule has 0 spiro atoms. The minimum absolute atomic E-state index is 0.706. The van der Waals surface area contributed by atoms with Crippen LogP contribution >= 0.6 is 28.6 Å². The van der Waals surface area contributed by atoms with Crippen molar-refractivity contribution < 1.29 is 0 Å². The third-order valence-electron chi connectivity index (χ3n) is 1.73. The summed E-state index contributed by atoms with van der Waals surface area (Å²) in [5.41, 5.74) is 2.05. The maximum atomic E-state index is 4.26. The summed E-state index contributed by atoms with van der Waals surface area (Å²) in [7, 11) is 0. The lowest BCUT2D eigenvalue weighted by Crippen LogP contribution is -1.88. The van der Waals surface area contributed by atoms with E-state index in [4.69, 9.17) is 0 Å². The summed E-state index contributed by atoms with van der Waals surface area (Å²) in [6, 6.07) is 3.95. The summed E-state index contributed by atoms with van der Waals surface area (Å²) in [6.45, 7) is 0. The number of pyridine rings is 1. The molecule has 0 saturated heterocycles. The molecule has 0 unspecified atom stereocenters. The molecule has 0 fully saturated rings. The molecule has 2 heterocycles. The largest absolute Gasteiger partial charge is 0.302 e. The molecule has 0 aliphatic rings. The molecular weight excluding hydrogens is 236 g/mol. The van der Waals surface area contributed by atoms with Gasteiger partial charge in [-0.05, 0) is 28.1 Å². The summed E-state index contributed by atoms with van der Waals surface area (Å²) >= 11 is 7.64. The molecule has 2 rings (SSSR count). The van der Waals surface area contributed by atoms with Gasteiger partial charge in [-0.25, -0.2) is 4.98 Å². The molecule has 0 amide bonds. The van der Waals surface area contributed by atoms with Crippen LogP contribution in [0.5, 0.6) is 0 Å². The van der Waals surface area contributed by atoms with Gasteiger partial charge in [0, 0.05) is 11.9 Å². The van der Waals surface area contributed by atoms with E-state index in [9.17, 15) is 0 Å². The Balaban J connectivity index is 2.80. The Bertz CT molecular complexity index is 410. The summed E-state index contributed by atoms with van der Waals surface area (Å²) in [5, 5.41) is 0. The second-order valence-corrected chi connectivity index (χ2v) is 3.63. The second kappa shape index (κ2) is 3.11. The number of hydrogen-bond donors (Lipinski definition) is 1. The first kappa shape index (κ1) is 8.13. The lowest BCUT2D eigenvalue weighted by atomic mass is 10.4. The van der Waals surface area contributed by atoms with Crippen LogP contribution in [0.1, 0.15) is 5.69 Å². The van der Waals surface area contributed by atoms with Crippen molar-refractivity contribution in [3.8, 4) is 0 Å². The van der Waals surface area contributed by atoms with E-state index in [1.807, 2.05) is 28.9 Å². The molecule has 0 aliphatic heterocycles. The molecule has 0 aliphatic carbocycles. The van der Waals surface area contributed by atoms with E-state index in [2.05, 4.69) is 33.5 Å². The van der Waals surface area contributed by atoms with Crippen LogP contribution in [0.2, 0.25) is 0 Å². The van der Waals surface area contributed by atoms with Crippen LogP contribution in [0.3, 0.4) is 0 Å². The number of halogens is 1. The fourth-order valence-corrected chi connectivity index (χ4v) is 1.82. The number of aromatic nitrogens is 2. The van der Waals surface area contributed by atoms with Gasteiger partial charge in [-0.2, -0.15) is 12.6 Å². The van der Waals surface area contributed by atoms with Crippen LogP contribution in [-0.2, 0) is 5.75 Å². The third kappa shape index (κ3) is 1.15. The van der Waals surface area contributed by atoms with Gasteiger partial charge in [0.2, 0.25) is 0 Å². The average Bonchev–Trinajstić information content (AvgIpc) is 2.49. The van der Waals surface area contributed by atoms with Gasteiger partial charge < -0.3 is 4.40 Å². The first-order chi connectivity index (χ1) is 5.83. The van der Waals surface area contributed by atoms with Crippen LogP contribution < -0.4 is 0 Å². The van der Waals surface area contributed by atoms with E-state index in [1.165, 1.54) is 0 Å². The second-order valence-electron chi connectivity index (χ2n) is 2.46. The molecule has 0 bridgehead atoms. The summed E-state index contributed by atoms with van der Waals surface area (Å²) < 4.78 is 3.04. The molecule has 0 aromatic carbocycles. The van der Waals surface area contributed by atoms with Gasteiger partial charge in [-0.1, -0.05) is 0 Å². The smallest absolute Gasteiger partial charge is 0.151 e. The predicted molar refractivity (Wildman–Crippen MR) is 55.6 cm³/mol. The van der Waals surface area contributed by atoms with Crippen molar-refractivity contribution >= 4 is 34.2 Å². The first-order valence-electron chi connectivity index (χ1n) is 3.54. The molecule has 2 aromatic heterocycles. The standard InChI is InChI=1S/C8H7BrN2S/c9-7-2-1-3-11-6(5-12)4-10-8(7)11/h1-4,12H,5H2. The van der Waals surface area contributed by atoms with Gasteiger partial charge in [0.1, 0.15) is 0 Å². The molecule has 2 aromatic rings. The van der Waals surface area contributed by atoms with E-state index < -0.39 is 0 Å². The van der Waals surface area contributed by atoms with E-state index in [0.717, 1.165) is 15.8 Å². The Morgan fingerprint density at radius 1 is 1.58 bits per heavy atom. The highest BCUT2D eigenvalue weighted by molar-refractivity contribution is 9.10. The van der Waals surface area contributed by atoms with Crippen molar-refractivity contribution in [1.29, 1.82) is 0 Å². The zero-order valence-corrected chi connectivity index (χ0v) is 8.72. The Labute approximate surface area is 84.2 Å². The molecule has 0 saturated carbocycles. The Morgan fingerprint density at radius 2 is 2.42 bits per heavy atom. The number of thiol groups is 1. The zero-order valence-electron chi connectivity index (χ0n) is 6.24. The zero-order chi connectivity index (χ0) is 8.55. The quantitative estimate of drug-likeness (QED) is 0.762. The van der Waals surface area contributed by atoms with E-state index in [1.54, 1.807) is 0 Å². The SMILES string of the molecule is SCc1cnc2c(Br)cccn12. The van der Waals surface area contributed by atoms with Gasteiger partial charge in [-0.3, -0.25) is 0 Å². The highest BCUT2D eigenvalue weighted by Gasteiger charge is 2.02. The van der Waals surface area contributed by atoms with Crippen molar-refractivity contribution in [3.05, 3.63) is 34.7 Å². The molecule has 4 heteroatoms. The Morgan fingerprint density at radius 3 is 3.17 bits per heavy atom. The topological polar surface area (TPSA) is 17.3 Å². The molecule has 2 nitrogen and oxygen atoms in total. The van der Waals surface area contributed by atoms with Gasteiger partial charge in [0.25, 0.3) is 0 Å². The molecule has 0 N–H and O–H groups in total. The maximum Gasteiger partial charge on any atom is 0.151 e. The molecule has 12 heavy (non-hydrogen) atoms. The number of fused-ring (bicyclic) bond motifs is 1. The van der Waals surface area contributed by atoms with E-state index in [0.29, 0.717) is 5.75 Å². The van der Waals surface area contributed by atoms with E-state index >= 15 is 0 Å². The van der Waals surface area contributed by atoms with Crippen LogP contribution in [0.4, 0.5) is 0 Å². The summed E-state index contributed by atoms with van der Waals surface area (Å²) in [6.07, 6.45) is 3.83. The van der Waals surface area contributed by atoms with Crippen molar-refractivity contribution in [3.63, 3.8) is 0 Å². The van der Waals surface area contributed by atoms with Gasteiger partial charge in [0.05, 0.1) is 16.4 Å². The number of imidazole rings is 1. The van der Waals surface area contributed by atoms with Crippen LogP contribution in [0.15, 0.2) is 29.0 Å². The van der Waals surface area contributed by atoms with Crippen LogP contribution in [0.25, 0.3) is 5.65 Å². The maximum absolute atomic E-state index is 4.26. The first-order valence-corrected chi connectivity index (χ1v) is 4.97. The van der Waals surface area contributed by atoms with Crippen molar-refractivity contribution in [2.75, 3.05) is 0 Å². The molecule has 62 valence electrons. The highest BCUT2D eigenvalue weighted by atomic mass is 79.9. The van der Waals surface area contributed by atoms with E-state index in [-0.39, 0.29) is 0 Å². The fourth-order valence-electron chi connectivity index (χ4n) is 1.14. The minimum atomic E-state index is 0.706. The third-order valence-corrected chi connectivity index (χ3v) is 2.67. The monoisotopic (exact) mass is 242 g/mol. The van der Waals surface area contributed by atoms with Gasteiger partial charge >= 0.3 is 0 Å². The highest BCUT2D eigenvalue weighted by Crippen LogP contribution is 2.17. The number of rotatable bonds is 1. The molecule has 0 radical (unpaired) electrons. The molecule has 0 atom stereocenters. The fraction of sp³-hybridized carbons (Fsp3) is 0.125. The van der Waals surface area contributed by atoms with Gasteiger partial charge in [-0.15, -0.1) is 0 Å². The van der Waals surface area contributed by atoms with Gasteiger partial charge in [0.15, 0.2) is 5.65 Å². The molecular formula is C8H7BrN2S. The lowest BCUT2D eigenvalue weighted by molar-refractivity contribution is 1.09. The minimum Gasteiger partial charge on any atom is -0.302 e. The van der Waals surface area contributed by atoms with Crippen molar-refractivity contribution in [2.45, 2.75) is 5.75 Å². The van der Waals surface area contributed by atoms with Crippen molar-refractivity contribution in [1.82, 2.24) is 9.38 Å².